The van der Waals surface area contributed by atoms with E-state index in [1.807, 2.05) is 26.1 Å². The van der Waals surface area contributed by atoms with Crippen molar-refractivity contribution >= 4 is 41.0 Å². The van der Waals surface area contributed by atoms with Gasteiger partial charge in [0.15, 0.2) is 0 Å². The maximum absolute atomic E-state index is 13.8. The summed E-state index contributed by atoms with van der Waals surface area (Å²) < 4.78 is 7.95. The molecule has 58 heavy (non-hydrogen) atoms. The van der Waals surface area contributed by atoms with Gasteiger partial charge in [-0.2, -0.15) is 10.1 Å². The van der Waals surface area contributed by atoms with Gasteiger partial charge in [0, 0.05) is 82.6 Å². The average molecular weight is 785 g/mol. The lowest BCUT2D eigenvalue weighted by Crippen LogP contribution is -2.52. The van der Waals surface area contributed by atoms with E-state index >= 15 is 0 Å². The van der Waals surface area contributed by atoms with Crippen molar-refractivity contribution in [3.63, 3.8) is 0 Å². The normalized spacial score (nSPS) is 22.4. The number of carbonyl (C=O) groups excluding carboxylic acids is 4. The number of fused-ring (bicyclic) bond motifs is 8. The molecular formula is C43H48N10O5. The van der Waals surface area contributed by atoms with Gasteiger partial charge in [0.05, 0.1) is 35.4 Å². The molecular weight excluding hydrogens is 737 g/mol. The molecule has 2 bridgehead atoms. The first-order valence-electron chi connectivity index (χ1n) is 20.2. The zero-order valence-corrected chi connectivity index (χ0v) is 33.2. The number of carbonyl (C=O) groups is 4. The molecule has 2 aromatic carbocycles. The summed E-state index contributed by atoms with van der Waals surface area (Å²) in [6.45, 7) is 11.0. The lowest BCUT2D eigenvalue weighted by molar-refractivity contribution is -0.136. The second-order valence-corrected chi connectivity index (χ2v) is 16.2. The van der Waals surface area contributed by atoms with Crippen molar-refractivity contribution in [2.24, 2.45) is 18.0 Å². The van der Waals surface area contributed by atoms with Crippen LogP contribution >= 0.6 is 0 Å². The van der Waals surface area contributed by atoms with Gasteiger partial charge in [-0.05, 0) is 79.1 Å². The van der Waals surface area contributed by atoms with Crippen LogP contribution in [0.4, 0.5) is 11.4 Å². The van der Waals surface area contributed by atoms with Gasteiger partial charge in [0.25, 0.3) is 11.8 Å². The minimum Gasteiger partial charge on any atom is -0.477 e. The van der Waals surface area contributed by atoms with Crippen LogP contribution in [0.3, 0.4) is 0 Å². The van der Waals surface area contributed by atoms with Gasteiger partial charge in [-0.1, -0.05) is 25.1 Å². The second kappa shape index (κ2) is 15.4. The molecule has 300 valence electrons. The Kier molecular flexibility index (Phi) is 10.0. The Morgan fingerprint density at radius 3 is 2.41 bits per heavy atom. The molecule has 0 radical (unpaired) electrons. The first kappa shape index (κ1) is 37.6. The van der Waals surface area contributed by atoms with Crippen molar-refractivity contribution in [2.45, 2.75) is 65.2 Å². The smallest absolute Gasteiger partial charge is 0.280 e. The fraction of sp³-hybridized carbons (Fsp3) is 0.419. The Bertz CT molecular complexity index is 2350. The predicted octanol–water partition coefficient (Wildman–Crippen LogP) is 4.11. The third kappa shape index (κ3) is 7.47. The number of anilines is 2. The Morgan fingerprint density at radius 1 is 0.879 bits per heavy atom. The highest BCUT2D eigenvalue weighted by Crippen LogP contribution is 2.36. The molecule has 2 N–H and O–H groups in total. The minimum absolute atomic E-state index is 0.147. The quantitative estimate of drug-likeness (QED) is 0.281. The van der Waals surface area contributed by atoms with Crippen LogP contribution in [-0.2, 0) is 36.3 Å². The van der Waals surface area contributed by atoms with Gasteiger partial charge < -0.3 is 19.9 Å². The van der Waals surface area contributed by atoms with Crippen molar-refractivity contribution in [3.8, 4) is 17.1 Å². The van der Waals surface area contributed by atoms with E-state index in [1.165, 1.54) is 5.56 Å². The van der Waals surface area contributed by atoms with Crippen LogP contribution in [-0.4, -0.2) is 104 Å². The summed E-state index contributed by atoms with van der Waals surface area (Å²) >= 11 is 0. The zero-order chi connectivity index (χ0) is 40.1. The number of amides is 4. The summed E-state index contributed by atoms with van der Waals surface area (Å²) in [5.74, 6) is 0.290. The molecule has 0 aliphatic carbocycles. The highest BCUT2D eigenvalue weighted by Gasteiger charge is 2.39. The number of piperidine rings is 1. The van der Waals surface area contributed by atoms with Gasteiger partial charge in [-0.25, -0.2) is 4.68 Å². The molecule has 2 saturated heterocycles. The number of rotatable bonds is 5. The van der Waals surface area contributed by atoms with Crippen molar-refractivity contribution in [1.82, 2.24) is 34.8 Å². The SMILES string of the molecule is Cc1cc2cc(n1)-c1cnn(C)c1OCCC[C@@H](C)CN1/C(=N/C2=O)Nc2ccc(CN3CCN(Cc4ccc5c(c4)CN(C4CCC(=O)NC4=O)C5=O)CC3)cc21. The van der Waals surface area contributed by atoms with Crippen molar-refractivity contribution < 1.29 is 23.9 Å². The number of imide groups is 1. The van der Waals surface area contributed by atoms with E-state index in [-0.39, 0.29) is 24.1 Å². The summed E-state index contributed by atoms with van der Waals surface area (Å²) in [6.07, 6.45) is 4.12. The van der Waals surface area contributed by atoms with Crippen LogP contribution in [0.15, 0.2) is 59.7 Å². The standard InChI is InChI=1S/C43H48N10O5/c1-26-5-4-16-58-42-33(21-44-49(42)3)35-20-30(17-27(2)45-35)39(55)48-43-46-34-9-7-29(19-37(34)53(43)22-26)24-51-14-12-50(13-15-51)23-28-6-8-32-31(18-28)25-52(41(32)57)36-10-11-38(54)47-40(36)56/h6-9,17-21,26,36H,4-5,10-16,22-25H2,1-3H3,(H,46,48,55)(H,47,54,56)/t26-,36?/m1/s1. The summed E-state index contributed by atoms with van der Waals surface area (Å²) in [6, 6.07) is 15.4. The largest absolute Gasteiger partial charge is 0.477 e. The summed E-state index contributed by atoms with van der Waals surface area (Å²) in [4.78, 5) is 69.1. The fourth-order valence-corrected chi connectivity index (χ4v) is 8.80. The molecule has 4 aromatic rings. The molecule has 4 amide bonds. The zero-order valence-electron chi connectivity index (χ0n) is 33.2. The summed E-state index contributed by atoms with van der Waals surface area (Å²) in [7, 11) is 1.85. The first-order valence-corrected chi connectivity index (χ1v) is 20.2. The molecule has 9 rings (SSSR count). The van der Waals surface area contributed by atoms with E-state index in [4.69, 9.17) is 9.72 Å². The Balaban J connectivity index is 0.859. The molecule has 5 aliphatic rings. The van der Waals surface area contributed by atoms with Crippen molar-refractivity contribution in [3.05, 3.63) is 88.2 Å². The van der Waals surface area contributed by atoms with Crippen LogP contribution in [0, 0.1) is 12.8 Å². The number of aryl methyl sites for hydroxylation is 2. The number of piperazine rings is 1. The molecule has 15 nitrogen and oxygen atoms in total. The van der Waals surface area contributed by atoms with Crippen LogP contribution in [0.1, 0.15) is 75.7 Å². The number of ether oxygens (including phenoxy) is 1. The number of aromatic nitrogens is 3. The van der Waals surface area contributed by atoms with E-state index in [9.17, 15) is 19.2 Å². The number of nitrogens with one attached hydrogen (secondary N) is 2. The highest BCUT2D eigenvalue weighted by molar-refractivity contribution is 6.19. The number of pyridine rings is 1. The summed E-state index contributed by atoms with van der Waals surface area (Å²) in [5.41, 5.74) is 8.39. The number of nitrogens with zero attached hydrogens (tertiary/aromatic N) is 8. The van der Waals surface area contributed by atoms with Crippen molar-refractivity contribution in [1.29, 1.82) is 0 Å². The number of benzene rings is 2. The molecule has 0 spiro atoms. The lowest BCUT2D eigenvalue weighted by atomic mass is 10.0. The summed E-state index contributed by atoms with van der Waals surface area (Å²) in [5, 5.41) is 10.2. The topological polar surface area (TPSA) is 158 Å². The monoisotopic (exact) mass is 784 g/mol. The van der Waals surface area contributed by atoms with Crippen LogP contribution < -0.4 is 20.3 Å². The Hall–Kier alpha value is -5.93. The molecule has 1 unspecified atom stereocenters. The number of aliphatic imine (C=N–C) groups is 1. The van der Waals surface area contributed by atoms with E-state index in [1.54, 1.807) is 27.9 Å². The van der Waals surface area contributed by atoms with Gasteiger partial charge in [-0.15, -0.1) is 0 Å². The molecule has 7 heterocycles. The maximum Gasteiger partial charge on any atom is 0.280 e. The third-order valence-electron chi connectivity index (χ3n) is 11.9. The Morgan fingerprint density at radius 2 is 1.64 bits per heavy atom. The maximum atomic E-state index is 13.8. The lowest BCUT2D eigenvalue weighted by Gasteiger charge is -2.35. The van der Waals surface area contributed by atoms with E-state index in [0.29, 0.717) is 66.4 Å². The van der Waals surface area contributed by atoms with E-state index < -0.39 is 11.9 Å². The number of guanidine groups is 1. The van der Waals surface area contributed by atoms with Gasteiger partial charge in [-0.3, -0.25) is 39.3 Å². The first-order chi connectivity index (χ1) is 28.1. The third-order valence-corrected chi connectivity index (χ3v) is 11.9. The van der Waals surface area contributed by atoms with E-state index in [2.05, 4.69) is 66.6 Å². The highest BCUT2D eigenvalue weighted by atomic mass is 16.5. The number of hydrogen-bond acceptors (Lipinski definition) is 11. The average Bonchev–Trinajstić information content (AvgIpc) is 3.85. The minimum atomic E-state index is -0.612. The second-order valence-electron chi connectivity index (χ2n) is 16.2. The fourth-order valence-electron chi connectivity index (χ4n) is 8.80. The molecule has 0 saturated carbocycles. The van der Waals surface area contributed by atoms with Crippen LogP contribution in [0.5, 0.6) is 5.88 Å². The Labute approximate surface area is 337 Å². The van der Waals surface area contributed by atoms with Crippen LogP contribution in [0.25, 0.3) is 11.3 Å². The van der Waals surface area contributed by atoms with Gasteiger partial charge in [0.1, 0.15) is 6.04 Å². The molecule has 2 fully saturated rings. The molecule has 15 heteroatoms. The van der Waals surface area contributed by atoms with Gasteiger partial charge >= 0.3 is 0 Å². The van der Waals surface area contributed by atoms with Crippen LogP contribution in [0.2, 0.25) is 0 Å². The van der Waals surface area contributed by atoms with E-state index in [0.717, 1.165) is 80.2 Å². The molecule has 2 aromatic heterocycles. The number of hydrogen-bond donors (Lipinski definition) is 2. The van der Waals surface area contributed by atoms with Crippen molar-refractivity contribution in [2.75, 3.05) is 49.5 Å². The van der Waals surface area contributed by atoms with Gasteiger partial charge in [0.2, 0.25) is 23.7 Å². The predicted molar refractivity (Wildman–Crippen MR) is 217 cm³/mol. The molecule has 5 aliphatic heterocycles. The molecule has 2 atom stereocenters.